The van der Waals surface area contributed by atoms with Gasteiger partial charge in [0.25, 0.3) is 0 Å². The van der Waals surface area contributed by atoms with Crippen LogP contribution in [0.4, 0.5) is 0 Å². The maximum atomic E-state index is 14.7. The molecule has 4 saturated carbocycles. The number of fused-ring (bicyclic) bond motifs is 7. The number of carbonyl (C=O) groups is 2. The van der Waals surface area contributed by atoms with Crippen molar-refractivity contribution in [2.24, 2.45) is 50.2 Å². The fourth-order valence-electron chi connectivity index (χ4n) is 15.0. The molecule has 8 rings (SSSR count). The molecule has 19 heteroatoms. The Morgan fingerprint density at radius 3 is 1.84 bits per heavy atom. The van der Waals surface area contributed by atoms with Gasteiger partial charge in [0.1, 0.15) is 67.1 Å². The van der Waals surface area contributed by atoms with Crippen LogP contribution >= 0.6 is 0 Å². The highest BCUT2D eigenvalue weighted by Gasteiger charge is 2.70. The Balaban J connectivity index is 1.03. The van der Waals surface area contributed by atoms with Gasteiger partial charge in [0, 0.05) is 0 Å². The van der Waals surface area contributed by atoms with E-state index >= 15 is 0 Å². The molecule has 8 aliphatic rings. The molecule has 7 fully saturated rings. The van der Waals surface area contributed by atoms with Crippen molar-refractivity contribution in [1.82, 2.24) is 0 Å². The van der Waals surface area contributed by atoms with Crippen LogP contribution in [0.25, 0.3) is 0 Å². The van der Waals surface area contributed by atoms with Gasteiger partial charge in [-0.25, -0.2) is 4.79 Å². The Morgan fingerprint density at radius 2 is 1.22 bits per heavy atom. The number of hydrogen-bond donors (Lipinski definition) is 11. The van der Waals surface area contributed by atoms with Crippen LogP contribution in [-0.4, -0.2) is 180 Å². The Labute approximate surface area is 391 Å². The molecule has 0 amide bonds. The molecule has 3 aliphatic heterocycles. The van der Waals surface area contributed by atoms with Crippen molar-refractivity contribution < 1.29 is 94.2 Å². The van der Waals surface area contributed by atoms with Crippen molar-refractivity contribution in [2.45, 2.75) is 211 Å². The molecule has 0 unspecified atom stereocenters. The summed E-state index contributed by atoms with van der Waals surface area (Å²) >= 11 is 0. The third-order valence-electron chi connectivity index (χ3n) is 19.3. The minimum Gasteiger partial charge on any atom is -0.479 e. The number of esters is 1. The first-order chi connectivity index (χ1) is 31.2. The predicted molar refractivity (Wildman–Crippen MR) is 231 cm³/mol. The smallest absolute Gasteiger partial charge is 0.335 e. The number of carboxylic acids is 1. The lowest BCUT2D eigenvalue weighted by Crippen LogP contribution is -2.67. The van der Waals surface area contributed by atoms with Gasteiger partial charge >= 0.3 is 11.9 Å². The van der Waals surface area contributed by atoms with Crippen molar-refractivity contribution >= 4 is 11.9 Å². The molecule has 0 radical (unpaired) electrons. The molecule has 0 bridgehead atoms. The standard InChI is InChI=1S/C48H76O19/c1-43(2)14-16-48(42(61)67-40-33(56)31(54)29(52)24(20-50)63-40)17-15-46(6)21(22(48)18-43)8-9-26-45(5)12-11-27(44(3,4)25(45)10-13-47(26,46)7)64-41-35(58)36(34(57)37(66-41)38(59)60)65-39-32(55)30(53)28(51)23(19-49)62-39/h8,22-37,39-41,49-58H,9-20H2,1-7H3,(H,59,60)/t22-,23+,24+,25-,26+,27-,28+,29+,30-,31-,32+,33+,34-,35+,36-,37-,39-,40-,41+,45-,46-,47-,48-/m1/s1. The molecule has 19 nitrogen and oxygen atoms in total. The van der Waals surface area contributed by atoms with Gasteiger partial charge in [0.15, 0.2) is 18.7 Å². The van der Waals surface area contributed by atoms with E-state index in [0.717, 1.165) is 38.5 Å². The summed E-state index contributed by atoms with van der Waals surface area (Å²) in [4.78, 5) is 27.1. The fraction of sp³-hybridized carbons (Fsp3) is 0.917. The number of allylic oxidation sites excluding steroid dienone is 2. The van der Waals surface area contributed by atoms with E-state index < -0.39 is 134 Å². The summed E-state index contributed by atoms with van der Waals surface area (Å²) in [6.07, 6.45) is -16.4. The Morgan fingerprint density at radius 1 is 0.642 bits per heavy atom. The lowest BCUT2D eigenvalue weighted by atomic mass is 9.33. The summed E-state index contributed by atoms with van der Waals surface area (Å²) in [5, 5.41) is 115. The molecule has 23 atom stereocenters. The number of aliphatic hydroxyl groups excluding tert-OH is 10. The molecular weight excluding hydrogens is 881 g/mol. The van der Waals surface area contributed by atoms with Crippen LogP contribution in [-0.2, 0) is 38.0 Å². The van der Waals surface area contributed by atoms with Crippen LogP contribution < -0.4 is 0 Å². The van der Waals surface area contributed by atoms with Crippen molar-refractivity contribution in [3.8, 4) is 0 Å². The number of aliphatic carboxylic acids is 1. The van der Waals surface area contributed by atoms with Crippen LogP contribution in [0, 0.1) is 50.2 Å². The van der Waals surface area contributed by atoms with Gasteiger partial charge in [-0.1, -0.05) is 60.1 Å². The van der Waals surface area contributed by atoms with Crippen LogP contribution in [0.15, 0.2) is 11.6 Å². The van der Waals surface area contributed by atoms with Crippen molar-refractivity contribution in [2.75, 3.05) is 13.2 Å². The van der Waals surface area contributed by atoms with Crippen LogP contribution in [0.5, 0.6) is 0 Å². The van der Waals surface area contributed by atoms with Gasteiger partial charge in [0.2, 0.25) is 6.29 Å². The summed E-state index contributed by atoms with van der Waals surface area (Å²) in [6, 6.07) is 0. The van der Waals surface area contributed by atoms with E-state index in [1.165, 1.54) is 5.57 Å². The van der Waals surface area contributed by atoms with E-state index in [1.807, 2.05) is 0 Å². The number of rotatable bonds is 9. The highest BCUT2D eigenvalue weighted by Crippen LogP contribution is 2.76. The zero-order valence-electron chi connectivity index (χ0n) is 39.7. The second kappa shape index (κ2) is 18.0. The quantitative estimate of drug-likeness (QED) is 0.0838. The molecule has 0 spiro atoms. The maximum Gasteiger partial charge on any atom is 0.335 e. The summed E-state index contributed by atoms with van der Waals surface area (Å²) in [7, 11) is 0. The third kappa shape index (κ3) is 8.06. The minimum absolute atomic E-state index is 0.0786. The molecule has 5 aliphatic carbocycles. The van der Waals surface area contributed by atoms with Gasteiger partial charge in [-0.15, -0.1) is 0 Å². The molecule has 3 saturated heterocycles. The number of ether oxygens (including phenoxy) is 6. The van der Waals surface area contributed by atoms with E-state index in [4.69, 9.17) is 28.4 Å². The molecular formula is C48H76O19. The lowest BCUT2D eigenvalue weighted by molar-refractivity contribution is -0.365. The van der Waals surface area contributed by atoms with Gasteiger partial charge in [0.05, 0.1) is 24.7 Å². The highest BCUT2D eigenvalue weighted by atomic mass is 16.7. The topological polar surface area (TPSA) is 312 Å². The van der Waals surface area contributed by atoms with E-state index in [1.54, 1.807) is 0 Å². The van der Waals surface area contributed by atoms with Gasteiger partial charge in [-0.05, 0) is 109 Å². The number of hydrogen-bond acceptors (Lipinski definition) is 18. The second-order valence-corrected chi connectivity index (χ2v) is 23.5. The zero-order valence-corrected chi connectivity index (χ0v) is 39.7. The van der Waals surface area contributed by atoms with Crippen LogP contribution in [0.3, 0.4) is 0 Å². The predicted octanol–water partition coefficient (Wildman–Crippen LogP) is 0.233. The van der Waals surface area contributed by atoms with E-state index in [2.05, 4.69) is 54.5 Å². The Bertz CT molecular complexity index is 1870. The molecule has 0 aromatic carbocycles. The van der Waals surface area contributed by atoms with Gasteiger partial charge < -0.3 is 84.6 Å². The van der Waals surface area contributed by atoms with Gasteiger partial charge in [-0.2, -0.15) is 0 Å². The molecule has 67 heavy (non-hydrogen) atoms. The lowest BCUT2D eigenvalue weighted by Gasteiger charge is -2.71. The largest absolute Gasteiger partial charge is 0.479 e. The van der Waals surface area contributed by atoms with E-state index in [9.17, 15) is 65.8 Å². The normalized spacial score (nSPS) is 52.6. The number of carboxylic acid groups (broad SMARTS) is 1. The fourth-order valence-corrected chi connectivity index (χ4v) is 15.0. The average Bonchev–Trinajstić information content (AvgIpc) is 3.26. The minimum atomic E-state index is -1.97. The van der Waals surface area contributed by atoms with Crippen molar-refractivity contribution in [3.05, 3.63) is 11.6 Å². The van der Waals surface area contributed by atoms with Crippen molar-refractivity contribution in [3.63, 3.8) is 0 Å². The summed E-state index contributed by atoms with van der Waals surface area (Å²) < 4.78 is 35.2. The SMILES string of the molecule is CC1(C)CC[C@@]2(C(=O)O[C@H]3O[C@@H](CO)[C@H](O)[C@@H](O)[C@@H]3O)CC[C@]3(C)C(=CC[C@H]4[C@]5(C)CC[C@@H](O[C@H]6O[C@@H](C(=O)O)[C@H](O)[C@@H](O[C@H]7O[C@@H](CO)[C@H](O)[C@@H](O)[C@@H]7O)[C@@H]6O)C(C)(C)[C@H]5CC[C@]43C)[C@H]2C1. The Hall–Kier alpha value is -1.92. The third-order valence-corrected chi connectivity index (χ3v) is 19.3. The summed E-state index contributed by atoms with van der Waals surface area (Å²) in [6.45, 7) is 14.4. The summed E-state index contributed by atoms with van der Waals surface area (Å²) in [5.74, 6) is -1.91. The van der Waals surface area contributed by atoms with Crippen molar-refractivity contribution in [1.29, 1.82) is 0 Å². The molecule has 11 N–H and O–H groups in total. The van der Waals surface area contributed by atoms with Crippen LogP contribution in [0.2, 0.25) is 0 Å². The van der Waals surface area contributed by atoms with Gasteiger partial charge in [-0.3, -0.25) is 4.79 Å². The zero-order chi connectivity index (χ0) is 49.1. The highest BCUT2D eigenvalue weighted by molar-refractivity contribution is 5.79. The molecule has 3 heterocycles. The first-order valence-corrected chi connectivity index (χ1v) is 24.3. The monoisotopic (exact) mass is 956 g/mol. The second-order valence-electron chi connectivity index (χ2n) is 23.5. The van der Waals surface area contributed by atoms with E-state index in [0.29, 0.717) is 25.7 Å². The first kappa shape index (κ1) is 51.4. The Kier molecular flexibility index (Phi) is 13.8. The average molecular weight is 957 g/mol. The molecule has 382 valence electrons. The first-order valence-electron chi connectivity index (χ1n) is 24.3. The maximum absolute atomic E-state index is 14.7. The molecule has 0 aromatic heterocycles. The summed E-state index contributed by atoms with van der Waals surface area (Å²) in [5.41, 5.74) is -0.975. The number of aliphatic hydroxyl groups is 10. The van der Waals surface area contributed by atoms with E-state index in [-0.39, 0.29) is 39.4 Å². The van der Waals surface area contributed by atoms with Crippen LogP contribution in [0.1, 0.15) is 113 Å². The molecule has 0 aromatic rings. The number of carbonyl (C=O) groups excluding carboxylic acids is 1.